The first-order valence-electron chi connectivity index (χ1n) is 8.62. The lowest BCUT2D eigenvalue weighted by atomic mass is 9.98. The van der Waals surface area contributed by atoms with Crippen molar-refractivity contribution >= 4 is 16.9 Å². The zero-order valence-corrected chi connectivity index (χ0v) is 14.9. The van der Waals surface area contributed by atoms with Crippen molar-refractivity contribution in [1.29, 1.82) is 0 Å². The van der Waals surface area contributed by atoms with Crippen molar-refractivity contribution in [3.05, 3.63) is 89.7 Å². The fourth-order valence-electron chi connectivity index (χ4n) is 3.28. The van der Waals surface area contributed by atoms with Crippen molar-refractivity contribution in [2.24, 2.45) is 0 Å². The van der Waals surface area contributed by atoms with Crippen LogP contribution in [-0.2, 0) is 6.18 Å². The third-order valence-corrected chi connectivity index (χ3v) is 4.61. The Balaban J connectivity index is 1.82. The summed E-state index contributed by atoms with van der Waals surface area (Å²) in [7, 11) is 0. The Bertz CT molecular complexity index is 1170. The van der Waals surface area contributed by atoms with E-state index in [2.05, 4.69) is 4.98 Å². The van der Waals surface area contributed by atoms with E-state index in [0.717, 1.165) is 12.1 Å². The molecule has 1 aromatic heterocycles. The first kappa shape index (κ1) is 18.0. The summed E-state index contributed by atoms with van der Waals surface area (Å²) >= 11 is 0. The molecule has 6 heteroatoms. The highest BCUT2D eigenvalue weighted by molar-refractivity contribution is 6.06. The highest BCUT2D eigenvalue weighted by atomic mass is 19.4. The number of alkyl halides is 3. The van der Waals surface area contributed by atoms with Gasteiger partial charge in [0.1, 0.15) is 5.82 Å². The van der Waals surface area contributed by atoms with Crippen LogP contribution in [0.4, 0.5) is 13.2 Å². The number of rotatable bonds is 2. The first-order chi connectivity index (χ1) is 13.4. The number of carbonyl (C=O) groups is 1. The quantitative estimate of drug-likeness (QED) is 0.446. The summed E-state index contributed by atoms with van der Waals surface area (Å²) in [5.41, 5.74) is 2.18. The van der Waals surface area contributed by atoms with Crippen molar-refractivity contribution in [2.75, 3.05) is 0 Å². The molecule has 140 valence electrons. The second-order valence-corrected chi connectivity index (χ2v) is 6.41. The largest absolute Gasteiger partial charge is 0.416 e. The van der Waals surface area contributed by atoms with E-state index in [-0.39, 0.29) is 5.91 Å². The SMILES string of the molecule is Cc1nc2ccccc2n1C(=O)c1ccccc1-c1ccc(C(F)(F)F)cc1. The monoisotopic (exact) mass is 380 g/mol. The van der Waals surface area contributed by atoms with E-state index in [1.807, 2.05) is 24.3 Å². The molecule has 3 aromatic carbocycles. The molecule has 0 saturated carbocycles. The van der Waals surface area contributed by atoms with Gasteiger partial charge in [-0.3, -0.25) is 9.36 Å². The fourth-order valence-corrected chi connectivity index (χ4v) is 3.28. The van der Waals surface area contributed by atoms with Crippen LogP contribution in [0.2, 0.25) is 0 Å². The summed E-state index contributed by atoms with van der Waals surface area (Å²) in [5.74, 6) is 0.273. The van der Waals surface area contributed by atoms with Crippen LogP contribution in [-0.4, -0.2) is 15.5 Å². The number of carbonyl (C=O) groups excluding carboxylic acids is 1. The first-order valence-corrected chi connectivity index (χ1v) is 8.62. The number of halogens is 3. The second kappa shape index (κ2) is 6.64. The van der Waals surface area contributed by atoms with E-state index in [1.165, 1.54) is 16.7 Å². The Morgan fingerprint density at radius 2 is 1.54 bits per heavy atom. The number of benzene rings is 3. The van der Waals surface area contributed by atoms with E-state index in [4.69, 9.17) is 0 Å². The van der Waals surface area contributed by atoms with E-state index < -0.39 is 11.7 Å². The molecular weight excluding hydrogens is 365 g/mol. The summed E-state index contributed by atoms with van der Waals surface area (Å²) in [6.07, 6.45) is -4.40. The minimum atomic E-state index is -4.40. The van der Waals surface area contributed by atoms with E-state index >= 15 is 0 Å². The van der Waals surface area contributed by atoms with Crippen molar-refractivity contribution in [3.63, 3.8) is 0 Å². The van der Waals surface area contributed by atoms with Crippen LogP contribution in [0.5, 0.6) is 0 Å². The van der Waals surface area contributed by atoms with Crippen LogP contribution in [0.15, 0.2) is 72.8 Å². The second-order valence-electron chi connectivity index (χ2n) is 6.41. The molecule has 0 saturated heterocycles. The molecule has 0 radical (unpaired) electrons. The normalized spacial score (nSPS) is 11.7. The van der Waals surface area contributed by atoms with Crippen molar-refractivity contribution in [3.8, 4) is 11.1 Å². The van der Waals surface area contributed by atoms with Crippen molar-refractivity contribution in [2.45, 2.75) is 13.1 Å². The zero-order chi connectivity index (χ0) is 19.9. The van der Waals surface area contributed by atoms with Crippen LogP contribution in [0.3, 0.4) is 0 Å². The van der Waals surface area contributed by atoms with Gasteiger partial charge >= 0.3 is 6.18 Å². The number of aryl methyl sites for hydroxylation is 1. The average Bonchev–Trinajstić information content (AvgIpc) is 3.02. The summed E-state index contributed by atoms with van der Waals surface area (Å²) in [5, 5.41) is 0. The maximum Gasteiger partial charge on any atom is 0.416 e. The van der Waals surface area contributed by atoms with Gasteiger partial charge in [0, 0.05) is 5.56 Å². The molecule has 0 spiro atoms. The van der Waals surface area contributed by atoms with Crippen molar-refractivity contribution in [1.82, 2.24) is 9.55 Å². The standard InChI is InChI=1S/C22H15F3N2O/c1-14-26-19-8-4-5-9-20(19)27(14)21(28)18-7-3-2-6-17(18)15-10-12-16(13-11-15)22(23,24)25/h2-13H,1H3. The molecule has 0 amide bonds. The molecule has 0 N–H and O–H groups in total. The van der Waals surface area contributed by atoms with Crippen molar-refractivity contribution < 1.29 is 18.0 Å². The zero-order valence-electron chi connectivity index (χ0n) is 14.9. The van der Waals surface area contributed by atoms with Gasteiger partial charge in [0.05, 0.1) is 16.6 Å². The smallest absolute Gasteiger partial charge is 0.268 e. The van der Waals surface area contributed by atoms with Crippen LogP contribution in [0.25, 0.3) is 22.2 Å². The third-order valence-electron chi connectivity index (χ3n) is 4.61. The molecule has 1 heterocycles. The molecule has 4 aromatic rings. The predicted octanol–water partition coefficient (Wildman–Crippen LogP) is 5.72. The van der Waals surface area contributed by atoms with Gasteiger partial charge in [0.25, 0.3) is 5.91 Å². The highest BCUT2D eigenvalue weighted by Gasteiger charge is 2.30. The Hall–Kier alpha value is -3.41. The molecule has 0 aliphatic carbocycles. The lowest BCUT2D eigenvalue weighted by molar-refractivity contribution is -0.137. The van der Waals surface area contributed by atoms with Gasteiger partial charge in [-0.1, -0.05) is 42.5 Å². The number of hydrogen-bond acceptors (Lipinski definition) is 2. The molecule has 0 bridgehead atoms. The topological polar surface area (TPSA) is 34.9 Å². The van der Waals surface area contributed by atoms with Gasteiger partial charge < -0.3 is 0 Å². The minimum absolute atomic E-state index is 0.276. The molecule has 4 rings (SSSR count). The van der Waals surface area contributed by atoms with Gasteiger partial charge in [-0.2, -0.15) is 13.2 Å². The summed E-state index contributed by atoms with van der Waals surface area (Å²) in [6.45, 7) is 1.75. The van der Waals surface area contributed by atoms with Crippen LogP contribution in [0, 0.1) is 6.92 Å². The van der Waals surface area contributed by atoms with Gasteiger partial charge in [0.15, 0.2) is 0 Å². The lowest BCUT2D eigenvalue weighted by Gasteiger charge is -2.12. The van der Waals surface area contributed by atoms with E-state index in [9.17, 15) is 18.0 Å². The maximum absolute atomic E-state index is 13.3. The van der Waals surface area contributed by atoms with E-state index in [1.54, 1.807) is 31.2 Å². The summed E-state index contributed by atoms with van der Waals surface area (Å²) < 4.78 is 40.1. The molecule has 0 aliphatic heterocycles. The van der Waals surface area contributed by atoms with Gasteiger partial charge in [-0.15, -0.1) is 0 Å². The fraction of sp³-hybridized carbons (Fsp3) is 0.0909. The van der Waals surface area contributed by atoms with Gasteiger partial charge in [0.2, 0.25) is 0 Å². The predicted molar refractivity (Wildman–Crippen MR) is 101 cm³/mol. The average molecular weight is 380 g/mol. The molecule has 28 heavy (non-hydrogen) atoms. The van der Waals surface area contributed by atoms with Gasteiger partial charge in [-0.25, -0.2) is 4.98 Å². The van der Waals surface area contributed by atoms with Crippen LogP contribution in [0.1, 0.15) is 21.7 Å². The number of hydrogen-bond donors (Lipinski definition) is 0. The molecule has 0 aliphatic rings. The number of imidazole rings is 1. The Morgan fingerprint density at radius 1 is 0.893 bits per heavy atom. The van der Waals surface area contributed by atoms with Crippen LogP contribution >= 0.6 is 0 Å². The molecule has 0 unspecified atom stereocenters. The number of aromatic nitrogens is 2. The van der Waals surface area contributed by atoms with Crippen LogP contribution < -0.4 is 0 Å². The number of fused-ring (bicyclic) bond motifs is 1. The summed E-state index contributed by atoms with van der Waals surface area (Å²) in [4.78, 5) is 17.7. The van der Waals surface area contributed by atoms with Gasteiger partial charge in [-0.05, 0) is 48.4 Å². The third kappa shape index (κ3) is 3.07. The Labute approximate surface area is 159 Å². The molecular formula is C22H15F3N2O. The summed E-state index contributed by atoms with van der Waals surface area (Å²) in [6, 6.07) is 19.0. The molecule has 0 atom stereocenters. The molecule has 0 fully saturated rings. The Morgan fingerprint density at radius 3 is 2.25 bits per heavy atom. The number of para-hydroxylation sites is 2. The molecule has 3 nitrogen and oxygen atoms in total. The lowest BCUT2D eigenvalue weighted by Crippen LogP contribution is -2.14. The minimum Gasteiger partial charge on any atom is -0.268 e. The number of nitrogens with zero attached hydrogens (tertiary/aromatic N) is 2. The Kier molecular flexibility index (Phi) is 4.26. The maximum atomic E-state index is 13.3. The van der Waals surface area contributed by atoms with E-state index in [0.29, 0.717) is 33.5 Å². The highest BCUT2D eigenvalue weighted by Crippen LogP contribution is 2.32.